The standard InChI is InChI=1S/C21HF8N5/c22-9-5-4(1-2-30)17-19(6(5)10(23)14(27)13(9)26)34-21-18(32-3-31)7-8(20(21)33-17)12(25)16(29)15(28)11(7)24/h1H/b4-1+,32-18?. The number of aliphatic imine (C=N–C) groups is 1. The molecule has 0 spiro atoms. The Bertz CT molecular complexity index is 1540. The monoisotopic (exact) mass is 475 g/mol. The van der Waals surface area contributed by atoms with E-state index in [9.17, 15) is 35.1 Å². The van der Waals surface area contributed by atoms with Crippen LogP contribution in [0.25, 0.3) is 28.1 Å². The first-order valence-corrected chi connectivity index (χ1v) is 8.88. The van der Waals surface area contributed by atoms with Gasteiger partial charge in [0.2, 0.25) is 6.19 Å². The largest absolute Gasteiger partial charge is 0.243 e. The minimum Gasteiger partial charge on any atom is -0.243 e. The van der Waals surface area contributed by atoms with Gasteiger partial charge in [-0.05, 0) is 0 Å². The van der Waals surface area contributed by atoms with Crippen molar-refractivity contribution in [1.82, 2.24) is 9.97 Å². The van der Waals surface area contributed by atoms with Crippen molar-refractivity contribution in [2.75, 3.05) is 0 Å². The number of nitriles is 2. The van der Waals surface area contributed by atoms with Gasteiger partial charge in [-0.15, -0.1) is 0 Å². The maximum absolute atomic E-state index is 14.7. The number of aromatic nitrogens is 2. The summed E-state index contributed by atoms with van der Waals surface area (Å²) >= 11 is 0. The molecule has 2 aliphatic rings. The maximum atomic E-state index is 14.7. The highest BCUT2D eigenvalue weighted by Crippen LogP contribution is 2.49. The molecule has 0 aliphatic heterocycles. The Morgan fingerprint density at radius 1 is 0.559 bits per heavy atom. The van der Waals surface area contributed by atoms with Gasteiger partial charge in [0.1, 0.15) is 22.8 Å². The molecule has 0 atom stereocenters. The number of nitrogens with zero attached hydrogens (tertiary/aromatic N) is 5. The number of hydrogen-bond donors (Lipinski definition) is 0. The van der Waals surface area contributed by atoms with Gasteiger partial charge >= 0.3 is 0 Å². The van der Waals surface area contributed by atoms with E-state index in [1.165, 1.54) is 12.3 Å². The van der Waals surface area contributed by atoms with E-state index in [1.807, 2.05) is 0 Å². The molecule has 0 radical (unpaired) electrons. The fraction of sp³-hybridized carbons (Fsp3) is 0. The van der Waals surface area contributed by atoms with Crippen LogP contribution in [0.3, 0.4) is 0 Å². The van der Waals surface area contributed by atoms with Crippen LogP contribution in [0.2, 0.25) is 0 Å². The summed E-state index contributed by atoms with van der Waals surface area (Å²) in [5.74, 6) is -16.5. The molecule has 0 unspecified atom stereocenters. The summed E-state index contributed by atoms with van der Waals surface area (Å²) in [6.45, 7) is 0. The van der Waals surface area contributed by atoms with E-state index in [1.54, 1.807) is 0 Å². The van der Waals surface area contributed by atoms with Crippen LogP contribution in [0.5, 0.6) is 0 Å². The molecule has 3 aromatic rings. The predicted molar refractivity (Wildman–Crippen MR) is 96.5 cm³/mol. The van der Waals surface area contributed by atoms with Gasteiger partial charge in [-0.2, -0.15) is 15.5 Å². The molecule has 5 nitrogen and oxygen atoms in total. The molecule has 0 saturated carbocycles. The lowest BCUT2D eigenvalue weighted by Gasteiger charge is -2.06. The van der Waals surface area contributed by atoms with Gasteiger partial charge < -0.3 is 0 Å². The van der Waals surface area contributed by atoms with Gasteiger partial charge in [0.25, 0.3) is 0 Å². The average molecular weight is 475 g/mol. The second kappa shape index (κ2) is 6.92. The Balaban J connectivity index is 1.96. The minimum absolute atomic E-state index is 0.589. The van der Waals surface area contributed by atoms with Crippen LogP contribution in [-0.4, -0.2) is 15.7 Å². The molecule has 166 valence electrons. The molecule has 1 heterocycles. The molecule has 13 heteroatoms. The third-order valence-electron chi connectivity index (χ3n) is 5.26. The van der Waals surface area contributed by atoms with E-state index in [4.69, 9.17) is 10.5 Å². The fourth-order valence-electron chi connectivity index (χ4n) is 3.92. The molecule has 34 heavy (non-hydrogen) atoms. The summed E-state index contributed by atoms with van der Waals surface area (Å²) in [7, 11) is 0. The molecule has 0 amide bonds. The molecular weight excluding hydrogens is 474 g/mol. The fourth-order valence-corrected chi connectivity index (χ4v) is 3.92. The van der Waals surface area contributed by atoms with Gasteiger partial charge in [-0.1, -0.05) is 0 Å². The SMILES string of the molecule is N#C/C=C1/c2nc3c(nc2-c2c(F)c(F)c(F)c(F)c21)C(=NC#N)c1c(F)c(F)c(F)c(F)c1-3. The highest BCUT2D eigenvalue weighted by atomic mass is 19.2. The van der Waals surface area contributed by atoms with Crippen molar-refractivity contribution in [1.29, 1.82) is 10.5 Å². The zero-order valence-electron chi connectivity index (χ0n) is 15.8. The number of benzene rings is 2. The molecule has 2 aliphatic carbocycles. The van der Waals surface area contributed by atoms with Crippen molar-refractivity contribution >= 4 is 11.3 Å². The van der Waals surface area contributed by atoms with Gasteiger partial charge in [0.15, 0.2) is 46.5 Å². The van der Waals surface area contributed by atoms with E-state index >= 15 is 0 Å². The highest BCUT2D eigenvalue weighted by Gasteiger charge is 2.43. The Hall–Kier alpha value is -4.65. The van der Waals surface area contributed by atoms with Gasteiger partial charge in [-0.3, -0.25) is 0 Å². The van der Waals surface area contributed by atoms with Crippen molar-refractivity contribution < 1.29 is 35.1 Å². The Morgan fingerprint density at radius 2 is 1.00 bits per heavy atom. The van der Waals surface area contributed by atoms with E-state index in [-0.39, 0.29) is 0 Å². The molecule has 0 fully saturated rings. The van der Waals surface area contributed by atoms with Gasteiger partial charge in [0.05, 0.1) is 28.5 Å². The summed E-state index contributed by atoms with van der Waals surface area (Å²) in [6, 6.07) is 1.48. The minimum atomic E-state index is -2.22. The van der Waals surface area contributed by atoms with Crippen LogP contribution >= 0.6 is 0 Å². The Labute approximate surface area is 182 Å². The average Bonchev–Trinajstić information content (AvgIpc) is 3.30. The van der Waals surface area contributed by atoms with Crippen molar-refractivity contribution in [3.63, 3.8) is 0 Å². The van der Waals surface area contributed by atoms with E-state index in [2.05, 4.69) is 15.0 Å². The van der Waals surface area contributed by atoms with Crippen LogP contribution in [0, 0.1) is 69.3 Å². The molecule has 0 N–H and O–H groups in total. The first kappa shape index (κ1) is 21.2. The summed E-state index contributed by atoms with van der Waals surface area (Å²) in [5.41, 5.74) is -7.97. The van der Waals surface area contributed by atoms with Crippen LogP contribution in [0.4, 0.5) is 35.1 Å². The van der Waals surface area contributed by atoms with Gasteiger partial charge in [0, 0.05) is 17.2 Å². The number of halogens is 8. The van der Waals surface area contributed by atoms with Crippen molar-refractivity contribution in [2.45, 2.75) is 0 Å². The normalized spacial score (nSPS) is 15.1. The van der Waals surface area contributed by atoms with Crippen molar-refractivity contribution in [3.05, 3.63) is 75.1 Å². The molecule has 2 aromatic carbocycles. The lowest BCUT2D eigenvalue weighted by Crippen LogP contribution is -2.08. The zero-order valence-corrected chi connectivity index (χ0v) is 15.8. The highest BCUT2D eigenvalue weighted by molar-refractivity contribution is 6.24. The molecule has 0 saturated heterocycles. The summed E-state index contributed by atoms with van der Waals surface area (Å²) in [4.78, 5) is 11.0. The third kappa shape index (κ3) is 2.38. The lowest BCUT2D eigenvalue weighted by molar-refractivity contribution is 0.410. The molecule has 1 aromatic heterocycles. The number of allylic oxidation sites excluding steroid dienone is 1. The quantitative estimate of drug-likeness (QED) is 0.106. The second-order valence-corrected chi connectivity index (χ2v) is 6.88. The van der Waals surface area contributed by atoms with Crippen LogP contribution in [0.1, 0.15) is 22.5 Å². The van der Waals surface area contributed by atoms with E-state index in [0.29, 0.717) is 6.08 Å². The first-order valence-electron chi connectivity index (χ1n) is 8.88. The molecule has 0 bridgehead atoms. The third-order valence-corrected chi connectivity index (χ3v) is 5.26. The predicted octanol–water partition coefficient (Wildman–Crippen LogP) is 4.82. The molecule has 5 rings (SSSR count). The van der Waals surface area contributed by atoms with Gasteiger partial charge in [-0.25, -0.2) is 45.1 Å². The van der Waals surface area contributed by atoms with Crippen molar-refractivity contribution in [2.24, 2.45) is 4.99 Å². The smallest absolute Gasteiger partial charge is 0.206 e. The Kier molecular flexibility index (Phi) is 4.32. The molecular formula is C21HF8N5. The number of hydrogen-bond acceptors (Lipinski definition) is 5. The topological polar surface area (TPSA) is 85.7 Å². The second-order valence-electron chi connectivity index (χ2n) is 6.88. The number of rotatable bonds is 0. The van der Waals surface area contributed by atoms with Crippen LogP contribution in [-0.2, 0) is 0 Å². The summed E-state index contributed by atoms with van der Waals surface area (Å²) in [5, 5.41) is 18.0. The van der Waals surface area contributed by atoms with Crippen LogP contribution in [0.15, 0.2) is 11.1 Å². The Morgan fingerprint density at radius 3 is 1.53 bits per heavy atom. The lowest BCUT2D eigenvalue weighted by atomic mass is 10.0. The number of fused-ring (bicyclic) bond motifs is 6. The van der Waals surface area contributed by atoms with Crippen LogP contribution < -0.4 is 0 Å². The summed E-state index contributed by atoms with van der Waals surface area (Å²) in [6.07, 6.45) is 1.83. The van der Waals surface area contributed by atoms with Crippen molar-refractivity contribution in [3.8, 4) is 34.8 Å². The zero-order chi connectivity index (χ0) is 24.6. The van der Waals surface area contributed by atoms with E-state index in [0.717, 1.165) is 0 Å². The maximum Gasteiger partial charge on any atom is 0.206 e. The first-order chi connectivity index (χ1) is 16.1. The van der Waals surface area contributed by atoms with E-state index < -0.39 is 103 Å². The summed E-state index contributed by atoms with van der Waals surface area (Å²) < 4.78 is 114.